The van der Waals surface area contributed by atoms with E-state index in [9.17, 15) is 43.6 Å². The summed E-state index contributed by atoms with van der Waals surface area (Å²) in [6.45, 7) is -2.01. The Labute approximate surface area is 473 Å². The number of aliphatic hydroxyl groups is 1. The van der Waals surface area contributed by atoms with Crippen LogP contribution in [-0.4, -0.2) is 126 Å². The van der Waals surface area contributed by atoms with Crippen molar-refractivity contribution in [3.05, 3.63) is 251 Å². The molecule has 0 aromatic heterocycles. The summed E-state index contributed by atoms with van der Waals surface area (Å²) in [4.78, 5) is 110. The SMILES string of the molecule is O=C(OC[C@H]1O[C@H](OC(=O)c2ccccc2)[C@@H](OC(=O)c2ccccc2)[C@@H](OC(=O)c2ccccc2)[C@@H]1OP(=O)(O)O[C@H]1O[C@H](CO)[C@@H](OC(=O)c2ccccc2)[C@H](OC(=O)c2ccccc2)[C@@H]1OC(=O)c1ccccc1)c1ccccc1. The lowest BCUT2D eigenvalue weighted by molar-refractivity contribution is -0.290. The Morgan fingerprint density at radius 1 is 0.337 bits per heavy atom. The third-order valence-corrected chi connectivity index (χ3v) is 13.7. The average molecular weight is 1150 g/mol. The largest absolute Gasteiger partial charge is 0.475 e. The van der Waals surface area contributed by atoms with Crippen LogP contribution < -0.4 is 0 Å². The molecule has 9 rings (SSSR count). The van der Waals surface area contributed by atoms with Crippen LogP contribution in [0.4, 0.5) is 0 Å². The number of benzene rings is 7. The van der Waals surface area contributed by atoms with Gasteiger partial charge in [-0.3, -0.25) is 9.05 Å². The first-order valence-corrected chi connectivity index (χ1v) is 27.1. The van der Waals surface area contributed by atoms with Gasteiger partial charge in [-0.1, -0.05) is 127 Å². The molecule has 0 radical (unpaired) electrons. The van der Waals surface area contributed by atoms with Crippen LogP contribution in [0, 0.1) is 0 Å². The lowest BCUT2D eigenvalue weighted by Gasteiger charge is -2.45. The van der Waals surface area contributed by atoms with Gasteiger partial charge in [0.2, 0.25) is 18.7 Å². The number of carbonyl (C=O) groups is 7. The standard InChI is InChI=1S/C61H51O21P/c62-36-45-47(75-54(64)39-24-10-2-11-25-39)49(76-55(65)40-26-12-3-13-27-40)52(79-58(68)43-32-18-6-19-33-43)61(73-45)82-83(70,71)81-48-46(37-72-53(63)38-22-8-1-9-23-38)74-60(80-59(69)44-34-20-7-21-35-44)51(78-57(67)42-30-16-5-17-31-42)50(48)77-56(66)41-28-14-4-15-29-41/h1-35,45-52,60-62H,36-37H2,(H,70,71)/t45-,46-,47-,48-,49+,50+,51+,52+,60-,61-/m1/s1. The number of esters is 7. The molecule has 2 fully saturated rings. The number of phosphoric ester groups is 1. The molecule has 0 spiro atoms. The first-order chi connectivity index (χ1) is 40.2. The first-order valence-electron chi connectivity index (χ1n) is 25.6. The van der Waals surface area contributed by atoms with Crippen LogP contribution in [0.2, 0.25) is 0 Å². The molecule has 2 N–H and O–H groups in total. The van der Waals surface area contributed by atoms with Crippen molar-refractivity contribution in [2.75, 3.05) is 13.2 Å². The molecular formula is C61H51O21P. The van der Waals surface area contributed by atoms with Gasteiger partial charge in [-0.2, -0.15) is 0 Å². The molecule has 0 amide bonds. The van der Waals surface area contributed by atoms with Crippen molar-refractivity contribution in [1.82, 2.24) is 0 Å². The zero-order valence-electron chi connectivity index (χ0n) is 43.5. The van der Waals surface area contributed by atoms with E-state index in [2.05, 4.69) is 0 Å². The quantitative estimate of drug-likeness (QED) is 0.0419. The molecule has 2 heterocycles. The second-order valence-electron chi connectivity index (χ2n) is 18.3. The molecule has 83 heavy (non-hydrogen) atoms. The fourth-order valence-electron chi connectivity index (χ4n) is 8.71. The molecule has 2 saturated heterocycles. The van der Waals surface area contributed by atoms with Gasteiger partial charge in [0.25, 0.3) is 0 Å². The zero-order chi connectivity index (χ0) is 58.3. The highest BCUT2D eigenvalue weighted by Gasteiger charge is 2.58. The lowest BCUT2D eigenvalue weighted by Crippen LogP contribution is -2.63. The maximum Gasteiger partial charge on any atom is 0.475 e. The van der Waals surface area contributed by atoms with Crippen molar-refractivity contribution in [3.63, 3.8) is 0 Å². The number of rotatable bonds is 20. The van der Waals surface area contributed by atoms with Crippen LogP contribution in [0.25, 0.3) is 0 Å². The van der Waals surface area contributed by atoms with Crippen LogP contribution in [0.3, 0.4) is 0 Å². The highest BCUT2D eigenvalue weighted by atomic mass is 31.2. The van der Waals surface area contributed by atoms with Crippen LogP contribution in [0.1, 0.15) is 72.5 Å². The molecular weight excluding hydrogens is 1100 g/mol. The van der Waals surface area contributed by atoms with Gasteiger partial charge in [-0.15, -0.1) is 0 Å². The Morgan fingerprint density at radius 3 is 0.964 bits per heavy atom. The lowest BCUT2D eigenvalue weighted by atomic mass is 9.98. The Hall–Kier alpha value is -9.18. The number of ether oxygens (including phenoxy) is 9. The van der Waals surface area contributed by atoms with E-state index in [1.807, 2.05) is 0 Å². The molecule has 0 bridgehead atoms. The van der Waals surface area contributed by atoms with Crippen molar-refractivity contribution in [2.24, 2.45) is 0 Å². The molecule has 2 aliphatic heterocycles. The Kier molecular flexibility index (Phi) is 19.4. The number of carbonyl (C=O) groups excluding carboxylic acids is 7. The van der Waals surface area contributed by atoms with Gasteiger partial charge in [0.15, 0.2) is 24.4 Å². The Balaban J connectivity index is 1.14. The molecule has 426 valence electrons. The third kappa shape index (κ3) is 15.0. The second-order valence-corrected chi connectivity index (χ2v) is 19.7. The van der Waals surface area contributed by atoms with Gasteiger partial charge < -0.3 is 52.6 Å². The molecule has 7 aromatic carbocycles. The van der Waals surface area contributed by atoms with Gasteiger partial charge in [0.05, 0.1) is 45.6 Å². The molecule has 0 saturated carbocycles. The van der Waals surface area contributed by atoms with Crippen LogP contribution >= 0.6 is 7.82 Å². The smallest absolute Gasteiger partial charge is 0.459 e. The van der Waals surface area contributed by atoms with E-state index in [-0.39, 0.29) is 38.9 Å². The average Bonchev–Trinajstić information content (AvgIpc) is 3.20. The Bertz CT molecular complexity index is 3380. The van der Waals surface area contributed by atoms with Crippen LogP contribution in [0.5, 0.6) is 0 Å². The molecule has 7 aromatic rings. The topological polar surface area (TPSA) is 279 Å². The number of hydrogen-bond acceptors (Lipinski definition) is 20. The van der Waals surface area contributed by atoms with E-state index < -0.39 is 124 Å². The minimum Gasteiger partial charge on any atom is -0.459 e. The summed E-state index contributed by atoms with van der Waals surface area (Å²) in [7, 11) is -6.05. The third-order valence-electron chi connectivity index (χ3n) is 12.7. The summed E-state index contributed by atoms with van der Waals surface area (Å²) in [5, 5.41) is 10.9. The molecule has 11 atom stereocenters. The fraction of sp³-hybridized carbons (Fsp3) is 0.197. The van der Waals surface area contributed by atoms with Gasteiger partial charge in [0, 0.05) is 0 Å². The van der Waals surface area contributed by atoms with Crippen molar-refractivity contribution < 1.29 is 99.8 Å². The Morgan fingerprint density at radius 2 is 0.614 bits per heavy atom. The van der Waals surface area contributed by atoms with E-state index in [4.69, 9.17) is 51.7 Å². The summed E-state index contributed by atoms with van der Waals surface area (Å²) < 4.78 is 80.7. The van der Waals surface area contributed by atoms with Crippen molar-refractivity contribution in [3.8, 4) is 0 Å². The molecule has 1 unspecified atom stereocenters. The van der Waals surface area contributed by atoms with Gasteiger partial charge >= 0.3 is 49.6 Å². The maximum absolute atomic E-state index is 15.2. The summed E-state index contributed by atoms with van der Waals surface area (Å²) in [6, 6.07) is 51.9. The number of aliphatic hydroxyl groups excluding tert-OH is 1. The highest BCUT2D eigenvalue weighted by molar-refractivity contribution is 7.47. The van der Waals surface area contributed by atoms with Gasteiger partial charge in [-0.25, -0.2) is 38.1 Å². The minimum absolute atomic E-state index is 0.00664. The number of phosphoric acid groups is 1. The normalized spacial score (nSPS) is 22.7. The molecule has 0 aliphatic carbocycles. The van der Waals surface area contributed by atoms with Crippen molar-refractivity contribution >= 4 is 49.6 Å². The first kappa shape index (κ1) is 58.5. The van der Waals surface area contributed by atoms with Crippen LogP contribution in [-0.2, 0) is 56.2 Å². The van der Waals surface area contributed by atoms with E-state index in [1.54, 1.807) is 54.6 Å². The predicted octanol–water partition coefficient (Wildman–Crippen LogP) is 7.77. The predicted molar refractivity (Wildman–Crippen MR) is 287 cm³/mol. The minimum atomic E-state index is -6.05. The summed E-state index contributed by atoms with van der Waals surface area (Å²) >= 11 is 0. The summed E-state index contributed by atoms with van der Waals surface area (Å²) in [6.07, 6.45) is -20.9. The second kappa shape index (κ2) is 27.5. The summed E-state index contributed by atoms with van der Waals surface area (Å²) in [5.41, 5.74) is -0.331. The molecule has 2 aliphatic rings. The highest BCUT2D eigenvalue weighted by Crippen LogP contribution is 2.51. The van der Waals surface area contributed by atoms with E-state index in [0.29, 0.717) is 0 Å². The van der Waals surface area contributed by atoms with Crippen molar-refractivity contribution in [2.45, 2.75) is 61.4 Å². The molecule has 21 nitrogen and oxygen atoms in total. The fourth-order valence-corrected chi connectivity index (χ4v) is 9.75. The van der Waals surface area contributed by atoms with E-state index in [1.165, 1.54) is 158 Å². The van der Waals surface area contributed by atoms with Gasteiger partial charge in [-0.05, 0) is 84.9 Å². The molecule has 22 heteroatoms. The van der Waals surface area contributed by atoms with E-state index in [0.717, 1.165) is 0 Å². The van der Waals surface area contributed by atoms with E-state index >= 15 is 4.57 Å². The van der Waals surface area contributed by atoms with Crippen LogP contribution in [0.15, 0.2) is 212 Å². The van der Waals surface area contributed by atoms with Crippen molar-refractivity contribution in [1.29, 1.82) is 0 Å². The monoisotopic (exact) mass is 1150 g/mol. The summed E-state index contributed by atoms with van der Waals surface area (Å²) in [5.74, 6) is -7.54. The zero-order valence-corrected chi connectivity index (χ0v) is 44.4. The maximum atomic E-state index is 15.2. The van der Waals surface area contributed by atoms with Gasteiger partial charge in [0.1, 0.15) is 24.9 Å². The number of hydrogen-bond donors (Lipinski definition) is 2.